The van der Waals surface area contributed by atoms with Crippen molar-refractivity contribution in [3.63, 3.8) is 0 Å². The van der Waals surface area contributed by atoms with E-state index in [1.54, 1.807) is 42.7 Å². The molecule has 182 valence electrons. The third kappa shape index (κ3) is 5.34. The molecule has 2 aromatic carbocycles. The molecule has 2 heterocycles. The molecule has 1 saturated heterocycles. The Kier molecular flexibility index (Phi) is 7.44. The van der Waals surface area contributed by atoms with Gasteiger partial charge in [-0.15, -0.1) is 0 Å². The average molecular weight is 499 g/mol. The van der Waals surface area contributed by atoms with Gasteiger partial charge in [-0.3, -0.25) is 20.1 Å². The highest BCUT2D eigenvalue weighted by Crippen LogP contribution is 2.43. The zero-order valence-corrected chi connectivity index (χ0v) is 19.7. The van der Waals surface area contributed by atoms with Crippen LogP contribution in [0.3, 0.4) is 0 Å². The summed E-state index contributed by atoms with van der Waals surface area (Å²) in [5.41, 5.74) is 0.370. The van der Waals surface area contributed by atoms with Gasteiger partial charge in [-0.2, -0.15) is 0 Å². The predicted octanol–water partition coefficient (Wildman–Crippen LogP) is 3.33. The first-order valence-electron chi connectivity index (χ1n) is 11.0. The van der Waals surface area contributed by atoms with Gasteiger partial charge in [0.15, 0.2) is 5.11 Å². The van der Waals surface area contributed by atoms with E-state index in [1.165, 1.54) is 6.07 Å². The summed E-state index contributed by atoms with van der Waals surface area (Å²) in [4.78, 5) is 21.2. The van der Waals surface area contributed by atoms with Gasteiger partial charge in [-0.25, -0.2) is 8.78 Å². The van der Waals surface area contributed by atoms with Crippen LogP contribution in [0.1, 0.15) is 39.8 Å². The Morgan fingerprint density at radius 2 is 1.97 bits per heavy atom. The van der Waals surface area contributed by atoms with Crippen LogP contribution in [0.2, 0.25) is 0 Å². The molecule has 3 aromatic rings. The lowest BCUT2D eigenvalue weighted by Gasteiger charge is -2.47. The van der Waals surface area contributed by atoms with Crippen LogP contribution >= 0.6 is 12.2 Å². The van der Waals surface area contributed by atoms with Crippen LogP contribution in [0.25, 0.3) is 0 Å². The predicted molar refractivity (Wildman–Crippen MR) is 128 cm³/mol. The van der Waals surface area contributed by atoms with Gasteiger partial charge in [-0.05, 0) is 43.8 Å². The Balaban J connectivity index is 1.65. The largest absolute Gasteiger partial charge is 0.396 e. The van der Waals surface area contributed by atoms with E-state index >= 15 is 4.39 Å². The summed E-state index contributed by atoms with van der Waals surface area (Å²) in [5, 5.41) is 15.9. The molecular formula is C25H24F2N4O3S. The first-order chi connectivity index (χ1) is 16.8. The normalized spacial score (nSPS) is 21.8. The number of hydrogen-bond acceptors (Lipinski definition) is 6. The quantitative estimate of drug-likeness (QED) is 0.465. The topological polar surface area (TPSA) is 96.4 Å². The number of aliphatic hydroxyl groups excluding tert-OH is 1. The molecule has 7 nitrogen and oxygen atoms in total. The molecule has 1 aliphatic rings. The van der Waals surface area contributed by atoms with Crippen molar-refractivity contribution in [1.29, 1.82) is 0 Å². The Hall–Kier alpha value is -3.34. The molecule has 1 amide bonds. The van der Waals surface area contributed by atoms with Crippen LogP contribution in [0, 0.1) is 24.5 Å². The fourth-order valence-electron chi connectivity index (χ4n) is 4.24. The number of aliphatic hydroxyl groups is 1. The molecule has 3 atom stereocenters. The SMILES string of the molecule is Cc1cnc(C2CC(CO)C(NC(=S)NC(=O)c3ccccc3)(c3ccc(F)cc3F)CO2)cn1. The molecule has 10 heteroatoms. The fourth-order valence-corrected chi connectivity index (χ4v) is 4.51. The molecule has 1 fully saturated rings. The number of nitrogens with zero attached hydrogens (tertiary/aromatic N) is 2. The maximum absolute atomic E-state index is 15.1. The molecule has 3 N–H and O–H groups in total. The first-order valence-corrected chi connectivity index (χ1v) is 11.4. The molecule has 1 aliphatic heterocycles. The van der Waals surface area contributed by atoms with E-state index in [9.17, 15) is 14.3 Å². The molecule has 35 heavy (non-hydrogen) atoms. The third-order valence-electron chi connectivity index (χ3n) is 6.07. The number of benzene rings is 2. The summed E-state index contributed by atoms with van der Waals surface area (Å²) in [5.74, 6) is -2.66. The lowest BCUT2D eigenvalue weighted by Crippen LogP contribution is -2.60. The second-order valence-corrected chi connectivity index (χ2v) is 8.78. The number of halogens is 2. The zero-order chi connectivity index (χ0) is 25.0. The minimum absolute atomic E-state index is 0.0581. The number of hydrogen-bond donors (Lipinski definition) is 3. The van der Waals surface area contributed by atoms with Crippen LogP contribution in [-0.4, -0.2) is 39.3 Å². The number of ether oxygens (including phenoxy) is 1. The number of aromatic nitrogens is 2. The number of nitrogens with one attached hydrogen (secondary N) is 2. The minimum Gasteiger partial charge on any atom is -0.396 e. The zero-order valence-electron chi connectivity index (χ0n) is 18.9. The van der Waals surface area contributed by atoms with E-state index in [0.29, 0.717) is 11.3 Å². The summed E-state index contributed by atoms with van der Waals surface area (Å²) in [6.45, 7) is 1.31. The molecule has 0 spiro atoms. The van der Waals surface area contributed by atoms with Crippen molar-refractivity contribution in [3.8, 4) is 0 Å². The van der Waals surface area contributed by atoms with Crippen LogP contribution in [0.4, 0.5) is 8.78 Å². The lowest BCUT2D eigenvalue weighted by atomic mass is 9.73. The van der Waals surface area contributed by atoms with Gasteiger partial charge in [0.1, 0.15) is 17.7 Å². The molecule has 1 aromatic heterocycles. The van der Waals surface area contributed by atoms with E-state index < -0.39 is 35.1 Å². The fraction of sp³-hybridized carbons (Fsp3) is 0.280. The summed E-state index contributed by atoms with van der Waals surface area (Å²) < 4.78 is 34.9. The van der Waals surface area contributed by atoms with Crippen molar-refractivity contribution in [3.05, 3.63) is 95.1 Å². The number of carbonyl (C=O) groups excluding carboxylic acids is 1. The van der Waals surface area contributed by atoms with Crippen LogP contribution < -0.4 is 10.6 Å². The second kappa shape index (κ2) is 10.5. The monoisotopic (exact) mass is 498 g/mol. The summed E-state index contributed by atoms with van der Waals surface area (Å²) in [6.07, 6.45) is 2.94. The molecule has 4 rings (SSSR count). The minimum atomic E-state index is -1.39. The van der Waals surface area contributed by atoms with Crippen molar-refractivity contribution < 1.29 is 23.4 Å². The molecular weight excluding hydrogens is 474 g/mol. The van der Waals surface area contributed by atoms with Crippen molar-refractivity contribution in [1.82, 2.24) is 20.6 Å². The highest BCUT2D eigenvalue weighted by atomic mass is 32.1. The first kappa shape index (κ1) is 24.8. The van der Waals surface area contributed by atoms with Crippen molar-refractivity contribution in [2.45, 2.75) is 25.0 Å². The van der Waals surface area contributed by atoms with E-state index in [2.05, 4.69) is 20.6 Å². The van der Waals surface area contributed by atoms with Gasteiger partial charge < -0.3 is 15.2 Å². The Labute approximate surface area is 206 Å². The number of thiocarbonyl (C=S) groups is 1. The second-order valence-electron chi connectivity index (χ2n) is 8.37. The molecule has 0 radical (unpaired) electrons. The van der Waals surface area contributed by atoms with Crippen molar-refractivity contribution in [2.24, 2.45) is 5.92 Å². The summed E-state index contributed by atoms with van der Waals surface area (Å²) in [7, 11) is 0. The number of amides is 1. The summed E-state index contributed by atoms with van der Waals surface area (Å²) in [6, 6.07) is 11.6. The van der Waals surface area contributed by atoms with Gasteiger partial charge in [0.2, 0.25) is 0 Å². The van der Waals surface area contributed by atoms with Crippen LogP contribution in [0.5, 0.6) is 0 Å². The number of rotatable bonds is 5. The van der Waals surface area contributed by atoms with Gasteiger partial charge in [0.25, 0.3) is 5.91 Å². The number of aryl methyl sites for hydroxylation is 1. The Morgan fingerprint density at radius 1 is 1.20 bits per heavy atom. The van der Waals surface area contributed by atoms with Crippen LogP contribution in [0.15, 0.2) is 60.9 Å². The maximum atomic E-state index is 15.1. The smallest absolute Gasteiger partial charge is 0.257 e. The molecule has 0 aliphatic carbocycles. The summed E-state index contributed by atoms with van der Waals surface area (Å²) >= 11 is 5.39. The van der Waals surface area contributed by atoms with Gasteiger partial charge >= 0.3 is 0 Å². The highest BCUT2D eigenvalue weighted by Gasteiger charge is 2.48. The maximum Gasteiger partial charge on any atom is 0.257 e. The van der Waals surface area contributed by atoms with Crippen LogP contribution in [-0.2, 0) is 10.3 Å². The van der Waals surface area contributed by atoms with Crippen molar-refractivity contribution >= 4 is 23.2 Å². The highest BCUT2D eigenvalue weighted by molar-refractivity contribution is 7.80. The molecule has 0 saturated carbocycles. The van der Waals surface area contributed by atoms with Crippen molar-refractivity contribution in [2.75, 3.05) is 13.2 Å². The van der Waals surface area contributed by atoms with E-state index in [0.717, 1.165) is 17.8 Å². The van der Waals surface area contributed by atoms with E-state index in [4.69, 9.17) is 17.0 Å². The molecule has 3 unspecified atom stereocenters. The van der Waals surface area contributed by atoms with Gasteiger partial charge in [0, 0.05) is 35.9 Å². The lowest BCUT2D eigenvalue weighted by molar-refractivity contribution is -0.0871. The number of carbonyl (C=O) groups is 1. The standard InChI is InChI=1S/C25H24F2N4O3S/c1-15-11-29-21(12-28-15)22-9-17(13-32)25(14-34-22,19-8-7-18(26)10-20(19)27)31-24(35)30-23(33)16-5-3-2-4-6-16/h2-8,10-12,17,22,32H,9,13-14H2,1H3,(H2,30,31,33,35). The average Bonchev–Trinajstić information content (AvgIpc) is 2.85. The van der Waals surface area contributed by atoms with Gasteiger partial charge in [0.05, 0.1) is 29.7 Å². The molecule has 0 bridgehead atoms. The van der Waals surface area contributed by atoms with E-state index in [1.807, 2.05) is 6.92 Å². The van der Waals surface area contributed by atoms with E-state index in [-0.39, 0.29) is 30.3 Å². The Morgan fingerprint density at radius 3 is 2.63 bits per heavy atom. The Bertz CT molecular complexity index is 1210. The third-order valence-corrected chi connectivity index (χ3v) is 6.27. The van der Waals surface area contributed by atoms with Gasteiger partial charge in [-0.1, -0.05) is 24.3 Å².